The number of nitriles is 1. The van der Waals surface area contributed by atoms with Crippen LogP contribution >= 0.6 is 11.6 Å². The number of Topliss-reactive ketones (excluding diaryl/α,β-unsaturated/α-hetero) is 1. The van der Waals surface area contributed by atoms with Gasteiger partial charge >= 0.3 is 0 Å². The van der Waals surface area contributed by atoms with Crippen molar-refractivity contribution < 1.29 is 19.1 Å². The van der Waals surface area contributed by atoms with Crippen LogP contribution in [0.15, 0.2) is 36.9 Å². The van der Waals surface area contributed by atoms with Crippen LogP contribution in [0.3, 0.4) is 0 Å². The van der Waals surface area contributed by atoms with Crippen LogP contribution in [-0.4, -0.2) is 102 Å². The number of hydrogen-bond acceptors (Lipinski definition) is 9. The monoisotopic (exact) mass is 706 g/mol. The fraction of sp³-hybridized carbons (Fsp3) is 0.718. The summed E-state index contributed by atoms with van der Waals surface area (Å²) in [6.07, 6.45) is 12.0. The van der Waals surface area contributed by atoms with Crippen molar-refractivity contribution in [3.8, 4) is 6.07 Å². The summed E-state index contributed by atoms with van der Waals surface area (Å²) in [5.41, 5.74) is -0.0552. The number of benzene rings is 1. The summed E-state index contributed by atoms with van der Waals surface area (Å²) in [4.78, 5) is 35.3. The van der Waals surface area contributed by atoms with E-state index in [-0.39, 0.29) is 42.2 Å². The minimum atomic E-state index is -1.15. The number of hydrogen-bond donors (Lipinski definition) is 2. The predicted octanol–water partition coefficient (Wildman–Crippen LogP) is 4.84. The number of halogens is 1. The number of nitrogens with zero attached hydrogens (tertiary/aromatic N) is 4. The molecule has 2 N–H and O–H groups in total. The van der Waals surface area contributed by atoms with E-state index < -0.39 is 22.9 Å². The van der Waals surface area contributed by atoms with E-state index in [2.05, 4.69) is 52.3 Å². The summed E-state index contributed by atoms with van der Waals surface area (Å²) in [7, 11) is 2.16. The van der Waals surface area contributed by atoms with Gasteiger partial charge in [-0.25, -0.2) is 0 Å². The van der Waals surface area contributed by atoms with Gasteiger partial charge in [-0.1, -0.05) is 62.9 Å². The molecule has 2 aliphatic carbocycles. The third-order valence-electron chi connectivity index (χ3n) is 13.0. The molecule has 4 heterocycles. The summed E-state index contributed by atoms with van der Waals surface area (Å²) in [6.45, 7) is 7.33. The molecule has 6 aliphatic rings. The number of carbonyl (C=O) groups excluding carboxylic acids is 2. The highest BCUT2D eigenvalue weighted by Crippen LogP contribution is 2.56. The Kier molecular flexibility index (Phi) is 11.0. The Morgan fingerprint density at radius 2 is 1.88 bits per heavy atom. The molecule has 7 unspecified atom stereocenters. The van der Waals surface area contributed by atoms with Crippen LogP contribution in [0.2, 0.25) is 0 Å². The van der Waals surface area contributed by atoms with Gasteiger partial charge in [0.1, 0.15) is 5.60 Å². The number of rotatable bonds is 7. The normalized spacial score (nSPS) is 37.4. The minimum Gasteiger partial charge on any atom is -0.361 e. The highest BCUT2D eigenvalue weighted by Gasteiger charge is 2.68. The molecule has 2 saturated carbocycles. The SMILES string of the molecule is C=CC(=O)N1CCN(C2NC(OCC3CCCN3C)NC3(C4CCCCCCC4)C(=O)[C@@]4(CCC23)OCc2ccccc2C4Cl)CC1CC#N. The van der Waals surface area contributed by atoms with Gasteiger partial charge in [0, 0.05) is 31.6 Å². The molecular formula is C39H55ClN6O4. The first-order valence-corrected chi connectivity index (χ1v) is 19.6. The third kappa shape index (κ3) is 6.46. The quantitative estimate of drug-likeness (QED) is 0.304. The molecule has 5 fully saturated rings. The molecule has 272 valence electrons. The fourth-order valence-electron chi connectivity index (χ4n) is 10.3. The fourth-order valence-corrected chi connectivity index (χ4v) is 10.8. The molecule has 1 spiro atoms. The average Bonchev–Trinajstić information content (AvgIpc) is 3.54. The zero-order valence-corrected chi connectivity index (χ0v) is 30.4. The third-order valence-corrected chi connectivity index (χ3v) is 13.6. The molecule has 1 aromatic rings. The van der Waals surface area contributed by atoms with Crippen molar-refractivity contribution in [3.05, 3.63) is 48.0 Å². The molecule has 11 heteroatoms. The van der Waals surface area contributed by atoms with Gasteiger partial charge in [-0.05, 0) is 75.2 Å². The van der Waals surface area contributed by atoms with E-state index in [0.717, 1.165) is 62.6 Å². The largest absolute Gasteiger partial charge is 0.361 e. The first-order valence-electron chi connectivity index (χ1n) is 19.1. The van der Waals surface area contributed by atoms with E-state index >= 15 is 4.79 Å². The second kappa shape index (κ2) is 15.3. The Labute approximate surface area is 302 Å². The van der Waals surface area contributed by atoms with Gasteiger partial charge < -0.3 is 19.3 Å². The zero-order valence-electron chi connectivity index (χ0n) is 29.7. The van der Waals surface area contributed by atoms with Crippen LogP contribution in [0.25, 0.3) is 0 Å². The van der Waals surface area contributed by atoms with Crippen molar-refractivity contribution in [2.75, 3.05) is 39.8 Å². The lowest BCUT2D eigenvalue weighted by Crippen LogP contribution is -2.83. The molecule has 0 aromatic heterocycles. The predicted molar refractivity (Wildman–Crippen MR) is 192 cm³/mol. The highest BCUT2D eigenvalue weighted by atomic mass is 35.5. The summed E-state index contributed by atoms with van der Waals surface area (Å²) >= 11 is 7.45. The maximum absolute atomic E-state index is 15.9. The average molecular weight is 707 g/mol. The molecule has 3 saturated heterocycles. The minimum absolute atomic E-state index is 0.0773. The summed E-state index contributed by atoms with van der Waals surface area (Å²) in [5.74, 6) is -0.0707. The summed E-state index contributed by atoms with van der Waals surface area (Å²) in [6, 6.07) is 10.5. The number of piperazine rings is 1. The van der Waals surface area contributed by atoms with Crippen LogP contribution in [0, 0.1) is 23.2 Å². The number of likely N-dealkylation sites (tertiary alicyclic amines) is 1. The van der Waals surface area contributed by atoms with Crippen LogP contribution in [0.1, 0.15) is 93.6 Å². The smallest absolute Gasteiger partial charge is 0.246 e. The molecule has 7 rings (SSSR count). The topological polar surface area (TPSA) is 110 Å². The van der Waals surface area contributed by atoms with Crippen molar-refractivity contribution in [2.24, 2.45) is 11.8 Å². The van der Waals surface area contributed by atoms with Gasteiger partial charge in [0.05, 0.1) is 48.8 Å². The Bertz CT molecular complexity index is 1450. The van der Waals surface area contributed by atoms with Crippen molar-refractivity contribution in [1.29, 1.82) is 5.26 Å². The Morgan fingerprint density at radius 3 is 2.62 bits per heavy atom. The number of ketones is 1. The Balaban J connectivity index is 1.29. The maximum atomic E-state index is 15.9. The number of carbonyl (C=O) groups is 2. The first-order chi connectivity index (χ1) is 24.3. The highest BCUT2D eigenvalue weighted by molar-refractivity contribution is 6.24. The Hall–Kier alpha value is -2.36. The Morgan fingerprint density at radius 1 is 1.10 bits per heavy atom. The number of likely N-dealkylation sites (N-methyl/N-ethyl adjacent to an activating group) is 1. The van der Waals surface area contributed by atoms with E-state index in [0.29, 0.717) is 45.3 Å². The van der Waals surface area contributed by atoms with Gasteiger partial charge in [0.25, 0.3) is 0 Å². The first kappa shape index (κ1) is 36.0. The molecule has 0 radical (unpaired) electrons. The number of amides is 1. The van der Waals surface area contributed by atoms with Crippen LogP contribution < -0.4 is 10.6 Å². The van der Waals surface area contributed by atoms with Gasteiger partial charge in [-0.15, -0.1) is 11.6 Å². The van der Waals surface area contributed by atoms with Gasteiger partial charge in [-0.3, -0.25) is 25.1 Å². The lowest BCUT2D eigenvalue weighted by atomic mass is 9.55. The molecule has 4 aliphatic heterocycles. The molecular weight excluding hydrogens is 652 g/mol. The van der Waals surface area contributed by atoms with Crippen LogP contribution in [0.4, 0.5) is 0 Å². The van der Waals surface area contributed by atoms with E-state index in [1.54, 1.807) is 4.90 Å². The van der Waals surface area contributed by atoms with E-state index in [1.807, 2.05) is 12.1 Å². The van der Waals surface area contributed by atoms with Gasteiger partial charge in [-0.2, -0.15) is 5.26 Å². The van der Waals surface area contributed by atoms with E-state index in [4.69, 9.17) is 21.1 Å². The van der Waals surface area contributed by atoms with Crippen molar-refractivity contribution in [3.63, 3.8) is 0 Å². The maximum Gasteiger partial charge on any atom is 0.246 e. The molecule has 1 aromatic carbocycles. The van der Waals surface area contributed by atoms with Crippen molar-refractivity contribution >= 4 is 23.3 Å². The second-order valence-electron chi connectivity index (χ2n) is 15.6. The van der Waals surface area contributed by atoms with Crippen LogP contribution in [0.5, 0.6) is 0 Å². The number of nitrogens with one attached hydrogen (secondary N) is 2. The van der Waals surface area contributed by atoms with E-state index in [9.17, 15) is 10.1 Å². The molecule has 50 heavy (non-hydrogen) atoms. The number of ether oxygens (including phenoxy) is 2. The molecule has 0 bridgehead atoms. The lowest BCUT2D eigenvalue weighted by Gasteiger charge is -2.63. The number of fused-ring (bicyclic) bond motifs is 2. The summed E-state index contributed by atoms with van der Waals surface area (Å²) < 4.78 is 13.5. The molecule has 1 amide bonds. The second-order valence-corrected chi connectivity index (χ2v) is 16.1. The van der Waals surface area contributed by atoms with Gasteiger partial charge in [0.2, 0.25) is 5.91 Å². The van der Waals surface area contributed by atoms with Crippen molar-refractivity contribution in [2.45, 2.75) is 125 Å². The van der Waals surface area contributed by atoms with E-state index in [1.165, 1.54) is 25.3 Å². The number of alkyl halides is 1. The molecule has 8 atom stereocenters. The van der Waals surface area contributed by atoms with Crippen molar-refractivity contribution in [1.82, 2.24) is 25.3 Å². The zero-order chi connectivity index (χ0) is 34.9. The molecule has 10 nitrogen and oxygen atoms in total. The van der Waals surface area contributed by atoms with Gasteiger partial charge in [0.15, 0.2) is 12.1 Å². The standard InChI is InChI=1S/C39H55ClN6O4/c1-3-33(47)46-23-22-45(24-29(46)18-20-41)35-32-17-19-38(34(40)31-16-10-9-12-27(31)25-50-38)36(48)39(32,28-13-7-5-4-6-8-14-28)43-37(42-35)49-26-30-15-11-21-44(30)2/h3,9-10,12,16,28-30,32,34-35,37,42-43H,1,4-8,11,13-15,17-19,21-26H2,2H3/t29?,30?,32?,34?,35?,37?,38-,39?/m0/s1. The van der Waals surface area contributed by atoms with Crippen LogP contribution in [-0.2, 0) is 25.7 Å². The lowest BCUT2D eigenvalue weighted by molar-refractivity contribution is -0.197. The summed E-state index contributed by atoms with van der Waals surface area (Å²) in [5, 5.41) is 17.0.